The van der Waals surface area contributed by atoms with Gasteiger partial charge in [0.25, 0.3) is 0 Å². The summed E-state index contributed by atoms with van der Waals surface area (Å²) >= 11 is 7.62. The largest absolute Gasteiger partial charge is 0.397 e. The van der Waals surface area contributed by atoms with Gasteiger partial charge in [-0.1, -0.05) is 17.7 Å². The minimum absolute atomic E-state index is 0.648. The molecule has 0 aliphatic heterocycles. The van der Waals surface area contributed by atoms with E-state index in [0.29, 0.717) is 5.02 Å². The summed E-state index contributed by atoms with van der Waals surface area (Å²) in [6, 6.07) is 7.53. The van der Waals surface area contributed by atoms with Crippen molar-refractivity contribution >= 4 is 39.7 Å². The van der Waals surface area contributed by atoms with Gasteiger partial charge in [0, 0.05) is 0 Å². The second-order valence-electron chi connectivity index (χ2n) is 3.43. The molecule has 0 radical (unpaired) electrons. The number of halogens is 1. The van der Waals surface area contributed by atoms with Crippen LogP contribution in [0.1, 0.15) is 0 Å². The fourth-order valence-electron chi connectivity index (χ4n) is 1.62. The van der Waals surface area contributed by atoms with Gasteiger partial charge in [0.05, 0.1) is 21.1 Å². The minimum Gasteiger partial charge on any atom is -0.397 e. The lowest BCUT2D eigenvalue weighted by Gasteiger charge is -1.91. The van der Waals surface area contributed by atoms with Gasteiger partial charge in [-0.2, -0.15) is 0 Å². The van der Waals surface area contributed by atoms with Crippen molar-refractivity contribution in [3.8, 4) is 10.7 Å². The highest BCUT2D eigenvalue weighted by Crippen LogP contribution is 2.32. The van der Waals surface area contributed by atoms with Gasteiger partial charge in [0.2, 0.25) is 0 Å². The standard InChI is InChI=1S/C11H8ClN3S/c12-6-2-1-3-8-9(6)15-11(14-8)10-7(13)4-5-16-10/h1-5H,13H2,(H,14,15). The summed E-state index contributed by atoms with van der Waals surface area (Å²) in [4.78, 5) is 8.62. The number of nitrogens with one attached hydrogen (secondary N) is 1. The van der Waals surface area contributed by atoms with Gasteiger partial charge >= 0.3 is 0 Å². The summed E-state index contributed by atoms with van der Waals surface area (Å²) in [6.07, 6.45) is 0. The van der Waals surface area contributed by atoms with Gasteiger partial charge in [0.1, 0.15) is 5.52 Å². The quantitative estimate of drug-likeness (QED) is 0.693. The van der Waals surface area contributed by atoms with Crippen molar-refractivity contribution in [2.75, 3.05) is 5.73 Å². The lowest BCUT2D eigenvalue weighted by molar-refractivity contribution is 1.36. The van der Waals surface area contributed by atoms with Crippen LogP contribution in [0.25, 0.3) is 21.7 Å². The van der Waals surface area contributed by atoms with Crippen LogP contribution in [-0.4, -0.2) is 9.97 Å². The van der Waals surface area contributed by atoms with Crippen molar-refractivity contribution in [3.63, 3.8) is 0 Å². The molecule has 0 atom stereocenters. The van der Waals surface area contributed by atoms with E-state index in [1.165, 1.54) is 0 Å². The summed E-state index contributed by atoms with van der Waals surface area (Å²) in [5.74, 6) is 0.774. The first-order valence-corrected chi connectivity index (χ1v) is 5.99. The van der Waals surface area contributed by atoms with Crippen molar-refractivity contribution in [1.29, 1.82) is 0 Å². The molecule has 1 aromatic carbocycles. The lowest BCUT2D eigenvalue weighted by atomic mass is 10.3. The number of aromatic amines is 1. The molecule has 80 valence electrons. The summed E-state index contributed by atoms with van der Waals surface area (Å²) in [5, 5.41) is 2.59. The van der Waals surface area contributed by atoms with Crippen LogP contribution in [0, 0.1) is 0 Å². The Balaban J connectivity index is 2.27. The molecule has 3 rings (SSSR count). The number of fused-ring (bicyclic) bond motifs is 1. The molecule has 3 aromatic rings. The Morgan fingerprint density at radius 2 is 2.19 bits per heavy atom. The van der Waals surface area contributed by atoms with Crippen molar-refractivity contribution in [3.05, 3.63) is 34.7 Å². The highest BCUT2D eigenvalue weighted by molar-refractivity contribution is 7.14. The number of rotatable bonds is 1. The summed E-state index contributed by atoms with van der Waals surface area (Å²) in [5.41, 5.74) is 8.30. The minimum atomic E-state index is 0.648. The molecule has 3 N–H and O–H groups in total. The molecule has 0 saturated heterocycles. The molecule has 16 heavy (non-hydrogen) atoms. The van der Waals surface area contributed by atoms with E-state index < -0.39 is 0 Å². The molecule has 5 heteroatoms. The molecule has 0 amide bonds. The molecule has 2 heterocycles. The predicted molar refractivity (Wildman–Crippen MR) is 68.8 cm³/mol. The van der Waals surface area contributed by atoms with Crippen LogP contribution in [0.15, 0.2) is 29.6 Å². The maximum absolute atomic E-state index is 6.06. The second kappa shape index (κ2) is 3.50. The molecule has 0 aliphatic rings. The number of para-hydroxylation sites is 1. The molecule has 0 saturated carbocycles. The lowest BCUT2D eigenvalue weighted by Crippen LogP contribution is -1.84. The first-order valence-electron chi connectivity index (χ1n) is 4.73. The fourth-order valence-corrected chi connectivity index (χ4v) is 2.60. The number of anilines is 1. The van der Waals surface area contributed by atoms with E-state index in [2.05, 4.69) is 9.97 Å². The van der Waals surface area contributed by atoms with Gasteiger partial charge in [-0.05, 0) is 23.6 Å². The first kappa shape index (κ1) is 9.69. The predicted octanol–water partition coefficient (Wildman–Crippen LogP) is 3.53. The highest BCUT2D eigenvalue weighted by Gasteiger charge is 2.10. The van der Waals surface area contributed by atoms with Crippen LogP contribution in [0.3, 0.4) is 0 Å². The third-order valence-corrected chi connectivity index (χ3v) is 3.62. The molecule has 0 fully saturated rings. The Labute approximate surface area is 101 Å². The molecule has 0 spiro atoms. The van der Waals surface area contributed by atoms with E-state index in [-0.39, 0.29) is 0 Å². The molecular formula is C11H8ClN3S. The topological polar surface area (TPSA) is 54.7 Å². The summed E-state index contributed by atoms with van der Waals surface area (Å²) in [7, 11) is 0. The Kier molecular flexibility index (Phi) is 2.12. The average Bonchev–Trinajstić information content (AvgIpc) is 2.84. The number of benzene rings is 1. The monoisotopic (exact) mass is 249 g/mol. The third kappa shape index (κ3) is 1.38. The van der Waals surface area contributed by atoms with Gasteiger partial charge in [-0.25, -0.2) is 4.98 Å². The maximum atomic E-state index is 6.06. The maximum Gasteiger partial charge on any atom is 0.150 e. The van der Waals surface area contributed by atoms with E-state index >= 15 is 0 Å². The molecular weight excluding hydrogens is 242 g/mol. The molecule has 3 nitrogen and oxygen atoms in total. The summed E-state index contributed by atoms with van der Waals surface area (Å²) < 4.78 is 0. The smallest absolute Gasteiger partial charge is 0.150 e. The van der Waals surface area contributed by atoms with Crippen LogP contribution in [0.2, 0.25) is 5.02 Å². The zero-order valence-electron chi connectivity index (χ0n) is 8.20. The van der Waals surface area contributed by atoms with Crippen molar-refractivity contribution in [1.82, 2.24) is 9.97 Å². The zero-order valence-corrected chi connectivity index (χ0v) is 9.77. The number of thiophene rings is 1. The van der Waals surface area contributed by atoms with E-state index in [9.17, 15) is 0 Å². The van der Waals surface area contributed by atoms with E-state index in [1.807, 2.05) is 29.6 Å². The average molecular weight is 250 g/mol. The Bertz CT molecular complexity index is 656. The highest BCUT2D eigenvalue weighted by atomic mass is 35.5. The normalized spacial score (nSPS) is 11.1. The molecule has 0 aliphatic carbocycles. The van der Waals surface area contributed by atoms with Crippen molar-refractivity contribution in [2.45, 2.75) is 0 Å². The number of nitrogen functional groups attached to an aromatic ring is 1. The number of aromatic nitrogens is 2. The number of nitrogens with zero attached hydrogens (tertiary/aromatic N) is 1. The summed E-state index contributed by atoms with van der Waals surface area (Å²) in [6.45, 7) is 0. The van der Waals surface area contributed by atoms with Crippen molar-refractivity contribution in [2.24, 2.45) is 0 Å². The Morgan fingerprint density at radius 1 is 1.31 bits per heavy atom. The van der Waals surface area contributed by atoms with Crippen LogP contribution >= 0.6 is 22.9 Å². The van der Waals surface area contributed by atoms with Crippen LogP contribution in [-0.2, 0) is 0 Å². The van der Waals surface area contributed by atoms with Gasteiger partial charge < -0.3 is 10.7 Å². The molecule has 0 bridgehead atoms. The SMILES string of the molecule is Nc1ccsc1-c1nc2c(Cl)cccc2[nH]1. The number of H-pyrrole nitrogens is 1. The second-order valence-corrected chi connectivity index (χ2v) is 4.75. The molecule has 2 aromatic heterocycles. The van der Waals surface area contributed by atoms with Crippen LogP contribution in [0.5, 0.6) is 0 Å². The number of hydrogen-bond donors (Lipinski definition) is 2. The Morgan fingerprint density at radius 3 is 2.88 bits per heavy atom. The number of nitrogens with two attached hydrogens (primary N) is 1. The van der Waals surface area contributed by atoms with Crippen LogP contribution in [0.4, 0.5) is 5.69 Å². The molecule has 0 unspecified atom stereocenters. The van der Waals surface area contributed by atoms with Gasteiger partial charge in [-0.15, -0.1) is 11.3 Å². The first-order chi connectivity index (χ1) is 7.75. The number of imidazole rings is 1. The fraction of sp³-hybridized carbons (Fsp3) is 0. The van der Waals surface area contributed by atoms with E-state index in [0.717, 1.165) is 27.4 Å². The van der Waals surface area contributed by atoms with Crippen molar-refractivity contribution < 1.29 is 0 Å². The Hall–Kier alpha value is -1.52. The number of hydrogen-bond acceptors (Lipinski definition) is 3. The van der Waals surface area contributed by atoms with Crippen LogP contribution < -0.4 is 5.73 Å². The van der Waals surface area contributed by atoms with E-state index in [4.69, 9.17) is 17.3 Å². The van der Waals surface area contributed by atoms with Gasteiger partial charge in [0.15, 0.2) is 5.82 Å². The van der Waals surface area contributed by atoms with Gasteiger partial charge in [-0.3, -0.25) is 0 Å². The third-order valence-electron chi connectivity index (χ3n) is 2.37. The zero-order chi connectivity index (χ0) is 11.1. The van der Waals surface area contributed by atoms with E-state index in [1.54, 1.807) is 11.3 Å².